The van der Waals surface area contributed by atoms with Crippen LogP contribution in [0.1, 0.15) is 68.3 Å². The molecular weight excluding hydrogens is 276 g/mol. The molecule has 2 aromatic heterocycles. The predicted molar refractivity (Wildman–Crippen MR) is 86.2 cm³/mol. The van der Waals surface area contributed by atoms with E-state index < -0.39 is 0 Å². The summed E-state index contributed by atoms with van der Waals surface area (Å²) in [5, 5.41) is 8.11. The van der Waals surface area contributed by atoms with Crippen molar-refractivity contribution in [3.8, 4) is 0 Å². The number of aromatic nitrogens is 3. The number of hydrogen-bond donors (Lipinski definition) is 1. The van der Waals surface area contributed by atoms with Crippen molar-refractivity contribution in [1.29, 1.82) is 0 Å². The molecule has 1 saturated heterocycles. The summed E-state index contributed by atoms with van der Waals surface area (Å²) in [5.41, 5.74) is 3.12. The second-order valence-electron chi connectivity index (χ2n) is 6.79. The standard InChI is InChI=1S/C17H24N4O/c1-20-15(13-8-5-9-18-13)11-17(22)21-16(20)10-14(19-21)12-6-3-2-4-7-12/h10-13,18H,2-9H2,1H3. The molecule has 1 saturated carbocycles. The lowest BCUT2D eigenvalue weighted by molar-refractivity contribution is 0.435. The molecule has 1 aliphatic carbocycles. The summed E-state index contributed by atoms with van der Waals surface area (Å²) < 4.78 is 3.73. The Hall–Kier alpha value is -1.62. The summed E-state index contributed by atoms with van der Waals surface area (Å²) >= 11 is 0. The summed E-state index contributed by atoms with van der Waals surface area (Å²) in [4.78, 5) is 12.5. The van der Waals surface area contributed by atoms with Crippen LogP contribution in [0, 0.1) is 0 Å². The maximum Gasteiger partial charge on any atom is 0.274 e. The maximum absolute atomic E-state index is 12.5. The lowest BCUT2D eigenvalue weighted by Gasteiger charge is -2.18. The summed E-state index contributed by atoms with van der Waals surface area (Å²) in [6.07, 6.45) is 8.60. The molecule has 2 aliphatic rings. The van der Waals surface area contributed by atoms with E-state index in [9.17, 15) is 4.79 Å². The van der Waals surface area contributed by atoms with Crippen LogP contribution in [-0.2, 0) is 7.05 Å². The zero-order valence-corrected chi connectivity index (χ0v) is 13.2. The quantitative estimate of drug-likeness (QED) is 0.927. The van der Waals surface area contributed by atoms with Crippen LogP contribution in [0.25, 0.3) is 5.65 Å². The van der Waals surface area contributed by atoms with E-state index >= 15 is 0 Å². The van der Waals surface area contributed by atoms with Crippen LogP contribution < -0.4 is 10.9 Å². The van der Waals surface area contributed by atoms with Crippen molar-refractivity contribution in [1.82, 2.24) is 19.5 Å². The highest BCUT2D eigenvalue weighted by Gasteiger charge is 2.23. The number of rotatable bonds is 2. The third kappa shape index (κ3) is 2.28. The zero-order valence-electron chi connectivity index (χ0n) is 13.2. The largest absolute Gasteiger partial charge is 0.331 e. The topological polar surface area (TPSA) is 51.3 Å². The van der Waals surface area contributed by atoms with E-state index in [1.54, 1.807) is 10.6 Å². The van der Waals surface area contributed by atoms with Crippen molar-refractivity contribution in [3.63, 3.8) is 0 Å². The molecule has 0 bridgehead atoms. The fourth-order valence-corrected chi connectivity index (χ4v) is 4.08. The molecule has 4 rings (SSSR count). The monoisotopic (exact) mass is 300 g/mol. The van der Waals surface area contributed by atoms with Gasteiger partial charge in [0.05, 0.1) is 5.69 Å². The number of nitrogens with zero attached hydrogens (tertiary/aromatic N) is 3. The van der Waals surface area contributed by atoms with E-state index in [4.69, 9.17) is 0 Å². The van der Waals surface area contributed by atoms with Crippen LogP contribution in [0.3, 0.4) is 0 Å². The fraction of sp³-hybridized carbons (Fsp3) is 0.647. The molecule has 118 valence electrons. The number of hydrogen-bond acceptors (Lipinski definition) is 3. The van der Waals surface area contributed by atoms with E-state index in [1.807, 2.05) is 0 Å². The van der Waals surface area contributed by atoms with Gasteiger partial charge in [0.1, 0.15) is 5.65 Å². The van der Waals surface area contributed by atoms with E-state index in [2.05, 4.69) is 28.1 Å². The van der Waals surface area contributed by atoms with Crippen molar-refractivity contribution in [2.24, 2.45) is 7.05 Å². The summed E-state index contributed by atoms with van der Waals surface area (Å²) in [5.74, 6) is 0.529. The van der Waals surface area contributed by atoms with Gasteiger partial charge in [-0.15, -0.1) is 0 Å². The van der Waals surface area contributed by atoms with Crippen molar-refractivity contribution < 1.29 is 0 Å². The van der Waals surface area contributed by atoms with E-state index in [1.165, 1.54) is 38.5 Å². The van der Waals surface area contributed by atoms with E-state index in [-0.39, 0.29) is 5.56 Å². The Morgan fingerprint density at radius 2 is 1.95 bits per heavy atom. The van der Waals surface area contributed by atoms with E-state index in [0.29, 0.717) is 12.0 Å². The molecule has 0 radical (unpaired) electrons. The summed E-state index contributed by atoms with van der Waals surface area (Å²) in [7, 11) is 2.05. The number of fused-ring (bicyclic) bond motifs is 1. The highest BCUT2D eigenvalue weighted by atomic mass is 16.1. The van der Waals surface area contributed by atoms with Gasteiger partial charge in [-0.25, -0.2) is 0 Å². The third-order valence-corrected chi connectivity index (χ3v) is 5.36. The van der Waals surface area contributed by atoms with Crippen LogP contribution in [-0.4, -0.2) is 20.7 Å². The number of aryl methyl sites for hydroxylation is 1. The summed E-state index contributed by atoms with van der Waals surface area (Å²) in [6.45, 7) is 1.04. The Morgan fingerprint density at radius 3 is 2.68 bits per heavy atom. The van der Waals surface area contributed by atoms with Crippen LogP contribution in [0.15, 0.2) is 16.9 Å². The Kier molecular flexibility index (Phi) is 3.53. The minimum atomic E-state index is -0.00106. The van der Waals surface area contributed by atoms with Crippen molar-refractivity contribution >= 4 is 5.65 Å². The average molecular weight is 300 g/mol. The molecule has 0 aromatic carbocycles. The molecule has 0 spiro atoms. The van der Waals surface area contributed by atoms with Crippen molar-refractivity contribution in [2.75, 3.05) is 6.54 Å². The van der Waals surface area contributed by atoms with Gasteiger partial charge in [0, 0.05) is 36.8 Å². The van der Waals surface area contributed by atoms with Gasteiger partial charge < -0.3 is 9.88 Å². The minimum Gasteiger partial charge on any atom is -0.331 e. The molecule has 0 amide bonds. The first-order chi connectivity index (χ1) is 10.7. The molecule has 1 aliphatic heterocycles. The molecule has 22 heavy (non-hydrogen) atoms. The molecular formula is C17H24N4O. The Labute approximate surface area is 130 Å². The molecule has 5 nitrogen and oxygen atoms in total. The van der Waals surface area contributed by atoms with Crippen LogP contribution in [0.5, 0.6) is 0 Å². The van der Waals surface area contributed by atoms with Gasteiger partial charge >= 0.3 is 0 Å². The normalized spacial score (nSPS) is 23.4. The molecule has 1 atom stereocenters. The number of nitrogens with one attached hydrogen (secondary N) is 1. The lowest BCUT2D eigenvalue weighted by atomic mass is 9.87. The summed E-state index contributed by atoms with van der Waals surface area (Å²) in [6, 6.07) is 4.19. The molecule has 2 fully saturated rings. The first kappa shape index (κ1) is 14.0. The van der Waals surface area contributed by atoms with Crippen LogP contribution in [0.2, 0.25) is 0 Å². The fourth-order valence-electron chi connectivity index (χ4n) is 4.08. The lowest BCUT2D eigenvalue weighted by Crippen LogP contribution is -2.24. The second kappa shape index (κ2) is 5.54. The molecule has 3 heterocycles. The highest BCUT2D eigenvalue weighted by Crippen LogP contribution is 2.32. The van der Waals surface area contributed by atoms with Gasteiger partial charge in [0.25, 0.3) is 5.56 Å². The van der Waals surface area contributed by atoms with Gasteiger partial charge in [-0.3, -0.25) is 4.79 Å². The predicted octanol–water partition coefficient (Wildman–Crippen LogP) is 2.51. The SMILES string of the molecule is Cn1c(C2CCCN2)cc(=O)n2nc(C3CCCCC3)cc12. The van der Waals surface area contributed by atoms with Gasteiger partial charge in [0.15, 0.2) is 0 Å². The first-order valence-corrected chi connectivity index (χ1v) is 8.57. The van der Waals surface area contributed by atoms with Crippen LogP contribution in [0.4, 0.5) is 0 Å². The van der Waals surface area contributed by atoms with Crippen LogP contribution >= 0.6 is 0 Å². The Balaban J connectivity index is 1.79. The third-order valence-electron chi connectivity index (χ3n) is 5.36. The van der Waals surface area contributed by atoms with Gasteiger partial charge in [-0.1, -0.05) is 19.3 Å². The Bertz CT molecular complexity index is 733. The average Bonchev–Trinajstić information content (AvgIpc) is 3.21. The minimum absolute atomic E-state index is 0.00106. The van der Waals surface area contributed by atoms with Crippen molar-refractivity contribution in [2.45, 2.75) is 56.9 Å². The smallest absolute Gasteiger partial charge is 0.274 e. The molecule has 1 N–H and O–H groups in total. The van der Waals surface area contributed by atoms with Crippen molar-refractivity contribution in [3.05, 3.63) is 33.9 Å². The first-order valence-electron chi connectivity index (χ1n) is 8.57. The maximum atomic E-state index is 12.5. The van der Waals surface area contributed by atoms with Gasteiger partial charge in [0.2, 0.25) is 0 Å². The second-order valence-corrected chi connectivity index (χ2v) is 6.79. The molecule has 1 unspecified atom stereocenters. The Morgan fingerprint density at radius 1 is 1.14 bits per heavy atom. The molecule has 2 aromatic rings. The molecule has 5 heteroatoms. The van der Waals surface area contributed by atoms with Gasteiger partial charge in [-0.05, 0) is 32.2 Å². The highest BCUT2D eigenvalue weighted by molar-refractivity contribution is 5.43. The zero-order chi connectivity index (χ0) is 15.1. The van der Waals surface area contributed by atoms with E-state index in [0.717, 1.165) is 30.0 Å². The van der Waals surface area contributed by atoms with Gasteiger partial charge in [-0.2, -0.15) is 9.61 Å².